The van der Waals surface area contributed by atoms with Crippen molar-refractivity contribution < 1.29 is 9.18 Å². The lowest BCUT2D eigenvalue weighted by Crippen LogP contribution is -2.16. The van der Waals surface area contributed by atoms with Crippen LogP contribution in [0.4, 0.5) is 4.39 Å². The number of nitrogens with zero attached hydrogens (tertiary/aromatic N) is 2. The minimum atomic E-state index is -0.318. The molecule has 6 heteroatoms. The van der Waals surface area contributed by atoms with Crippen molar-refractivity contribution >= 4 is 28.5 Å². The van der Waals surface area contributed by atoms with Gasteiger partial charge in [-0.3, -0.25) is 4.79 Å². The van der Waals surface area contributed by atoms with Crippen molar-refractivity contribution in [1.82, 2.24) is 14.9 Å². The molecule has 2 heterocycles. The molecule has 1 aromatic heterocycles. The smallest absolute Gasteiger partial charge is 0.222 e. The highest BCUT2D eigenvalue weighted by molar-refractivity contribution is 6.16. The molecule has 2 aromatic rings. The normalized spacial score (nSPS) is 19.4. The van der Waals surface area contributed by atoms with Gasteiger partial charge in [0.15, 0.2) is 0 Å². The van der Waals surface area contributed by atoms with Gasteiger partial charge in [-0.1, -0.05) is 0 Å². The first-order chi connectivity index (χ1) is 8.69. The summed E-state index contributed by atoms with van der Waals surface area (Å²) in [7, 11) is 0. The minimum absolute atomic E-state index is 0.00113. The molecule has 94 valence electrons. The predicted molar refractivity (Wildman–Crippen MR) is 65.9 cm³/mol. The number of hydrogen-bond acceptors (Lipinski definition) is 2. The highest BCUT2D eigenvalue weighted by atomic mass is 35.5. The van der Waals surface area contributed by atoms with Crippen LogP contribution in [-0.2, 0) is 10.7 Å². The zero-order chi connectivity index (χ0) is 12.7. The van der Waals surface area contributed by atoms with E-state index >= 15 is 0 Å². The number of rotatable bonds is 2. The number of fused-ring (bicyclic) bond motifs is 1. The number of imidazole rings is 1. The molecule has 4 nitrogen and oxygen atoms in total. The Kier molecular flexibility index (Phi) is 2.70. The van der Waals surface area contributed by atoms with E-state index in [1.807, 2.05) is 4.57 Å². The molecule has 1 atom stereocenters. The van der Waals surface area contributed by atoms with Crippen LogP contribution in [0.3, 0.4) is 0 Å². The molecule has 0 bridgehead atoms. The minimum Gasteiger partial charge on any atom is -0.354 e. The highest BCUT2D eigenvalue weighted by Crippen LogP contribution is 2.26. The number of halogens is 2. The number of carbonyl (C=O) groups excluding carboxylic acids is 1. The van der Waals surface area contributed by atoms with E-state index in [-0.39, 0.29) is 23.6 Å². The maximum atomic E-state index is 13.3. The maximum absolute atomic E-state index is 13.3. The van der Waals surface area contributed by atoms with Crippen LogP contribution in [0.25, 0.3) is 11.0 Å². The first kappa shape index (κ1) is 11.5. The number of hydrogen-bond donors (Lipinski definition) is 1. The third kappa shape index (κ3) is 1.75. The Morgan fingerprint density at radius 1 is 1.56 bits per heavy atom. The molecule has 1 N–H and O–H groups in total. The van der Waals surface area contributed by atoms with Gasteiger partial charge in [0.1, 0.15) is 11.6 Å². The number of nitrogens with one attached hydrogen (secondary N) is 1. The molecule has 1 aliphatic rings. The second kappa shape index (κ2) is 4.24. The third-order valence-corrected chi connectivity index (χ3v) is 3.40. The Hall–Kier alpha value is -1.62. The molecule has 0 aliphatic carbocycles. The SMILES string of the molecule is O=C1CC(n2c(CCl)nc3ccc(F)cc32)CN1. The Labute approximate surface area is 108 Å². The fraction of sp³-hybridized carbons (Fsp3) is 0.333. The molecule has 18 heavy (non-hydrogen) atoms. The van der Waals surface area contributed by atoms with Gasteiger partial charge in [-0.2, -0.15) is 0 Å². The molecule has 1 unspecified atom stereocenters. The Bertz CT molecular complexity index is 625. The molecule has 1 aromatic carbocycles. The van der Waals surface area contributed by atoms with Crippen molar-refractivity contribution in [1.29, 1.82) is 0 Å². The van der Waals surface area contributed by atoms with Gasteiger partial charge >= 0.3 is 0 Å². The van der Waals surface area contributed by atoms with Gasteiger partial charge in [0, 0.05) is 13.0 Å². The first-order valence-electron chi connectivity index (χ1n) is 5.68. The lowest BCUT2D eigenvalue weighted by molar-refractivity contribution is -0.119. The molecule has 0 radical (unpaired) electrons. The number of alkyl halides is 1. The molecule has 1 fully saturated rings. The summed E-state index contributed by atoms with van der Waals surface area (Å²) >= 11 is 5.88. The molecule has 1 amide bonds. The number of benzene rings is 1. The van der Waals surface area contributed by atoms with Crippen LogP contribution in [0.15, 0.2) is 18.2 Å². The number of carbonyl (C=O) groups is 1. The van der Waals surface area contributed by atoms with Crippen LogP contribution in [0, 0.1) is 5.82 Å². The van der Waals surface area contributed by atoms with Crippen LogP contribution in [0.5, 0.6) is 0 Å². The molecule has 1 aliphatic heterocycles. The topological polar surface area (TPSA) is 46.9 Å². The monoisotopic (exact) mass is 267 g/mol. The van der Waals surface area contributed by atoms with E-state index in [1.165, 1.54) is 12.1 Å². The van der Waals surface area contributed by atoms with Gasteiger partial charge in [0.25, 0.3) is 0 Å². The average molecular weight is 268 g/mol. The van der Waals surface area contributed by atoms with E-state index in [0.717, 1.165) is 0 Å². The summed E-state index contributed by atoms with van der Waals surface area (Å²) in [5.41, 5.74) is 1.39. The van der Waals surface area contributed by atoms with Crippen molar-refractivity contribution in [2.24, 2.45) is 0 Å². The fourth-order valence-corrected chi connectivity index (χ4v) is 2.58. The molecule has 0 saturated carbocycles. The van der Waals surface area contributed by atoms with E-state index in [2.05, 4.69) is 10.3 Å². The van der Waals surface area contributed by atoms with Crippen LogP contribution >= 0.6 is 11.6 Å². The van der Waals surface area contributed by atoms with E-state index in [1.54, 1.807) is 6.07 Å². The summed E-state index contributed by atoms with van der Waals surface area (Å²) in [4.78, 5) is 15.7. The van der Waals surface area contributed by atoms with Crippen molar-refractivity contribution in [2.75, 3.05) is 6.54 Å². The van der Waals surface area contributed by atoms with Crippen molar-refractivity contribution in [2.45, 2.75) is 18.3 Å². The maximum Gasteiger partial charge on any atom is 0.222 e. The standard InChI is InChI=1S/C12H11ClFN3O/c13-5-11-16-9-2-1-7(14)3-10(9)17(11)8-4-12(18)15-6-8/h1-3,8H,4-6H2,(H,15,18). The lowest BCUT2D eigenvalue weighted by atomic mass is 10.2. The second-order valence-electron chi connectivity index (χ2n) is 4.33. The lowest BCUT2D eigenvalue weighted by Gasteiger charge is -2.13. The quantitative estimate of drug-likeness (QED) is 0.846. The molecular formula is C12H11ClFN3O. The predicted octanol–water partition coefficient (Wildman–Crippen LogP) is 1.98. The van der Waals surface area contributed by atoms with E-state index in [9.17, 15) is 9.18 Å². The Balaban J connectivity index is 2.18. The summed E-state index contributed by atoms with van der Waals surface area (Å²) in [6, 6.07) is 4.39. The van der Waals surface area contributed by atoms with Crippen molar-refractivity contribution in [3.05, 3.63) is 29.8 Å². The second-order valence-corrected chi connectivity index (χ2v) is 4.59. The fourth-order valence-electron chi connectivity index (χ4n) is 2.39. The summed E-state index contributed by atoms with van der Waals surface area (Å²) in [5.74, 6) is 0.584. The molecule has 0 spiro atoms. The van der Waals surface area contributed by atoms with Gasteiger partial charge in [0.05, 0.1) is 23.0 Å². The summed E-state index contributed by atoms with van der Waals surface area (Å²) < 4.78 is 15.2. The number of amides is 1. The van der Waals surface area contributed by atoms with Crippen molar-refractivity contribution in [3.8, 4) is 0 Å². The molecule has 3 rings (SSSR count). The van der Waals surface area contributed by atoms with Gasteiger partial charge in [-0.15, -0.1) is 11.6 Å². The Morgan fingerprint density at radius 3 is 3.06 bits per heavy atom. The Morgan fingerprint density at radius 2 is 2.39 bits per heavy atom. The van der Waals surface area contributed by atoms with Crippen LogP contribution in [-0.4, -0.2) is 22.0 Å². The van der Waals surface area contributed by atoms with Gasteiger partial charge in [0.2, 0.25) is 5.91 Å². The zero-order valence-electron chi connectivity index (χ0n) is 9.49. The zero-order valence-corrected chi connectivity index (χ0v) is 10.2. The van der Waals surface area contributed by atoms with Crippen molar-refractivity contribution in [3.63, 3.8) is 0 Å². The van der Waals surface area contributed by atoms with E-state index in [0.29, 0.717) is 29.8 Å². The number of aromatic nitrogens is 2. The highest BCUT2D eigenvalue weighted by Gasteiger charge is 2.26. The van der Waals surface area contributed by atoms with Crippen LogP contribution in [0.1, 0.15) is 18.3 Å². The van der Waals surface area contributed by atoms with Crippen LogP contribution < -0.4 is 5.32 Å². The summed E-state index contributed by atoms with van der Waals surface area (Å²) in [6.45, 7) is 0.532. The summed E-state index contributed by atoms with van der Waals surface area (Å²) in [5, 5.41) is 2.76. The van der Waals surface area contributed by atoms with Crippen LogP contribution in [0.2, 0.25) is 0 Å². The molecular weight excluding hydrogens is 257 g/mol. The molecule has 1 saturated heterocycles. The first-order valence-corrected chi connectivity index (χ1v) is 6.21. The summed E-state index contributed by atoms with van der Waals surface area (Å²) in [6.07, 6.45) is 0.381. The van der Waals surface area contributed by atoms with E-state index < -0.39 is 0 Å². The van der Waals surface area contributed by atoms with Gasteiger partial charge < -0.3 is 9.88 Å². The third-order valence-electron chi connectivity index (χ3n) is 3.17. The van der Waals surface area contributed by atoms with Gasteiger partial charge in [-0.05, 0) is 18.2 Å². The van der Waals surface area contributed by atoms with Gasteiger partial charge in [-0.25, -0.2) is 9.37 Å². The largest absolute Gasteiger partial charge is 0.354 e. The average Bonchev–Trinajstić information content (AvgIpc) is 2.91. The van der Waals surface area contributed by atoms with E-state index in [4.69, 9.17) is 11.6 Å².